The zero-order valence-electron chi connectivity index (χ0n) is 12.8. The van der Waals surface area contributed by atoms with Crippen molar-refractivity contribution < 1.29 is 9.59 Å². The zero-order chi connectivity index (χ0) is 16.3. The Labute approximate surface area is 135 Å². The van der Waals surface area contributed by atoms with Crippen molar-refractivity contribution in [3.8, 4) is 0 Å². The van der Waals surface area contributed by atoms with Crippen LogP contribution in [0.15, 0.2) is 48.8 Å². The van der Waals surface area contributed by atoms with Gasteiger partial charge >= 0.3 is 0 Å². The van der Waals surface area contributed by atoms with Crippen LogP contribution in [0.5, 0.6) is 0 Å². The number of nitrogens with zero attached hydrogens (tertiary/aromatic N) is 1. The molecule has 0 aliphatic rings. The van der Waals surface area contributed by atoms with Crippen molar-refractivity contribution in [3.05, 3.63) is 64.9 Å². The van der Waals surface area contributed by atoms with Gasteiger partial charge in [-0.25, -0.2) is 0 Å². The van der Waals surface area contributed by atoms with E-state index in [4.69, 9.17) is 11.6 Å². The van der Waals surface area contributed by atoms with Crippen molar-refractivity contribution >= 4 is 23.2 Å². The third-order valence-electron chi connectivity index (χ3n) is 3.41. The number of carbonyl (C=O) groups excluding carboxylic acids is 2. The van der Waals surface area contributed by atoms with E-state index in [2.05, 4.69) is 4.98 Å². The second kappa shape index (κ2) is 6.41. The number of ketones is 2. The molecular formula is C18H18ClNO2. The predicted octanol–water partition coefficient (Wildman–Crippen LogP) is 4.32. The Morgan fingerprint density at radius 1 is 1.09 bits per heavy atom. The average molecular weight is 316 g/mol. The SMILES string of the molecule is CC(C)(C)C(=O)C(C(=O)c1cccnc1)c1ccc(Cl)cc1. The Morgan fingerprint density at radius 3 is 2.23 bits per heavy atom. The molecule has 0 saturated carbocycles. The summed E-state index contributed by atoms with van der Waals surface area (Å²) < 4.78 is 0. The Balaban J connectivity index is 2.49. The van der Waals surface area contributed by atoms with Crippen molar-refractivity contribution in [3.63, 3.8) is 0 Å². The number of hydrogen-bond donors (Lipinski definition) is 0. The molecule has 4 heteroatoms. The zero-order valence-corrected chi connectivity index (χ0v) is 13.6. The van der Waals surface area contributed by atoms with E-state index in [0.717, 1.165) is 0 Å². The summed E-state index contributed by atoms with van der Waals surface area (Å²) in [6.07, 6.45) is 3.08. The highest BCUT2D eigenvalue weighted by molar-refractivity contribution is 6.30. The van der Waals surface area contributed by atoms with Gasteiger partial charge < -0.3 is 0 Å². The van der Waals surface area contributed by atoms with Gasteiger partial charge in [-0.2, -0.15) is 0 Å². The molecule has 2 rings (SSSR count). The highest BCUT2D eigenvalue weighted by atomic mass is 35.5. The summed E-state index contributed by atoms with van der Waals surface area (Å²) in [6.45, 7) is 5.44. The molecule has 22 heavy (non-hydrogen) atoms. The van der Waals surface area contributed by atoms with Crippen LogP contribution in [0.2, 0.25) is 5.02 Å². The molecule has 0 spiro atoms. The van der Waals surface area contributed by atoms with Gasteiger partial charge in [-0.1, -0.05) is 44.5 Å². The molecule has 3 nitrogen and oxygen atoms in total. The van der Waals surface area contributed by atoms with Gasteiger partial charge in [0.1, 0.15) is 5.92 Å². The lowest BCUT2D eigenvalue weighted by Gasteiger charge is -2.24. The minimum atomic E-state index is -0.846. The maximum atomic E-state index is 12.8. The Bertz CT molecular complexity index is 672. The molecule has 1 aromatic carbocycles. The van der Waals surface area contributed by atoms with E-state index in [1.54, 1.807) is 42.6 Å². The molecule has 0 saturated heterocycles. The summed E-state index contributed by atoms with van der Waals surface area (Å²) in [6, 6.07) is 10.2. The Morgan fingerprint density at radius 2 is 1.73 bits per heavy atom. The van der Waals surface area contributed by atoms with Crippen molar-refractivity contribution in [1.29, 1.82) is 0 Å². The molecule has 114 valence electrons. The van der Waals surface area contributed by atoms with Gasteiger partial charge in [-0.3, -0.25) is 14.6 Å². The standard InChI is InChI=1S/C18H18ClNO2/c1-18(2,3)17(22)15(12-6-8-14(19)9-7-12)16(21)13-5-4-10-20-11-13/h4-11,15H,1-3H3. The fourth-order valence-corrected chi connectivity index (χ4v) is 2.31. The normalized spacial score (nSPS) is 12.7. The van der Waals surface area contributed by atoms with E-state index in [-0.39, 0.29) is 11.6 Å². The summed E-state index contributed by atoms with van der Waals surface area (Å²) in [4.78, 5) is 29.6. The molecule has 0 aliphatic carbocycles. The molecule has 0 fully saturated rings. The lowest BCUT2D eigenvalue weighted by Crippen LogP contribution is -2.32. The summed E-state index contributed by atoms with van der Waals surface area (Å²) in [5, 5.41) is 0.569. The topological polar surface area (TPSA) is 47.0 Å². The van der Waals surface area contributed by atoms with Gasteiger partial charge in [0, 0.05) is 28.4 Å². The van der Waals surface area contributed by atoms with E-state index in [0.29, 0.717) is 16.1 Å². The summed E-state index contributed by atoms with van der Waals surface area (Å²) in [7, 11) is 0. The van der Waals surface area contributed by atoms with Crippen LogP contribution in [-0.4, -0.2) is 16.6 Å². The first-order valence-electron chi connectivity index (χ1n) is 7.05. The molecule has 1 heterocycles. The third-order valence-corrected chi connectivity index (χ3v) is 3.66. The predicted molar refractivity (Wildman–Crippen MR) is 87.2 cm³/mol. The molecule has 2 aromatic rings. The minimum absolute atomic E-state index is 0.122. The molecular weight excluding hydrogens is 298 g/mol. The first kappa shape index (κ1) is 16.4. The number of rotatable bonds is 4. The van der Waals surface area contributed by atoms with Crippen molar-refractivity contribution in [2.24, 2.45) is 5.41 Å². The van der Waals surface area contributed by atoms with E-state index in [1.165, 1.54) is 6.20 Å². The van der Waals surface area contributed by atoms with Gasteiger partial charge in [0.2, 0.25) is 0 Å². The second-order valence-electron chi connectivity index (χ2n) is 6.20. The first-order chi connectivity index (χ1) is 10.3. The van der Waals surface area contributed by atoms with Crippen LogP contribution < -0.4 is 0 Å². The molecule has 1 atom stereocenters. The van der Waals surface area contributed by atoms with Crippen LogP contribution in [0.25, 0.3) is 0 Å². The molecule has 0 amide bonds. The van der Waals surface area contributed by atoms with Crippen molar-refractivity contribution in [2.75, 3.05) is 0 Å². The molecule has 0 bridgehead atoms. The summed E-state index contributed by atoms with van der Waals surface area (Å²) >= 11 is 5.90. The van der Waals surface area contributed by atoms with Crippen LogP contribution >= 0.6 is 11.6 Å². The quantitative estimate of drug-likeness (QED) is 0.623. The summed E-state index contributed by atoms with van der Waals surface area (Å²) in [5.41, 5.74) is 0.459. The largest absolute Gasteiger partial charge is 0.298 e. The summed E-state index contributed by atoms with van der Waals surface area (Å²) in [5.74, 6) is -1.21. The van der Waals surface area contributed by atoms with Crippen LogP contribution in [0.1, 0.15) is 42.6 Å². The Kier molecular flexibility index (Phi) is 4.77. The number of pyridine rings is 1. The van der Waals surface area contributed by atoms with E-state index < -0.39 is 11.3 Å². The van der Waals surface area contributed by atoms with Crippen LogP contribution in [0, 0.1) is 5.41 Å². The Hall–Kier alpha value is -2.00. The maximum Gasteiger partial charge on any atom is 0.179 e. The fourth-order valence-electron chi connectivity index (χ4n) is 2.19. The van der Waals surface area contributed by atoms with E-state index in [1.807, 2.05) is 20.8 Å². The van der Waals surface area contributed by atoms with Gasteiger partial charge in [0.25, 0.3) is 0 Å². The second-order valence-corrected chi connectivity index (χ2v) is 6.64. The lowest BCUT2D eigenvalue weighted by molar-refractivity contribution is -0.126. The van der Waals surface area contributed by atoms with Gasteiger partial charge in [0.15, 0.2) is 11.6 Å². The number of benzene rings is 1. The number of carbonyl (C=O) groups is 2. The molecule has 0 radical (unpaired) electrons. The van der Waals surface area contributed by atoms with Gasteiger partial charge in [-0.15, -0.1) is 0 Å². The number of hydrogen-bond acceptors (Lipinski definition) is 3. The lowest BCUT2D eigenvalue weighted by atomic mass is 9.77. The van der Waals surface area contributed by atoms with Gasteiger partial charge in [-0.05, 0) is 29.8 Å². The monoisotopic (exact) mass is 315 g/mol. The number of Topliss-reactive ketones (excluding diaryl/α,β-unsaturated/α-hetero) is 2. The van der Waals surface area contributed by atoms with Crippen LogP contribution in [0.3, 0.4) is 0 Å². The van der Waals surface area contributed by atoms with Crippen molar-refractivity contribution in [2.45, 2.75) is 26.7 Å². The third kappa shape index (κ3) is 3.60. The van der Waals surface area contributed by atoms with E-state index >= 15 is 0 Å². The van der Waals surface area contributed by atoms with E-state index in [9.17, 15) is 9.59 Å². The fraction of sp³-hybridized carbons (Fsp3) is 0.278. The smallest absolute Gasteiger partial charge is 0.179 e. The first-order valence-corrected chi connectivity index (χ1v) is 7.42. The highest BCUT2D eigenvalue weighted by Gasteiger charge is 2.36. The number of aromatic nitrogens is 1. The molecule has 0 N–H and O–H groups in total. The van der Waals surface area contributed by atoms with Crippen LogP contribution in [-0.2, 0) is 4.79 Å². The average Bonchev–Trinajstić information content (AvgIpc) is 2.49. The number of halogens is 1. The maximum absolute atomic E-state index is 12.8. The van der Waals surface area contributed by atoms with Gasteiger partial charge in [0.05, 0.1) is 0 Å². The van der Waals surface area contributed by atoms with Crippen LogP contribution in [0.4, 0.5) is 0 Å². The van der Waals surface area contributed by atoms with Crippen molar-refractivity contribution in [1.82, 2.24) is 4.98 Å². The molecule has 1 unspecified atom stereocenters. The molecule has 0 aliphatic heterocycles. The highest BCUT2D eigenvalue weighted by Crippen LogP contribution is 2.31. The minimum Gasteiger partial charge on any atom is -0.298 e. The molecule has 1 aromatic heterocycles.